The van der Waals surface area contributed by atoms with Gasteiger partial charge in [-0.2, -0.15) is 0 Å². The van der Waals surface area contributed by atoms with E-state index in [2.05, 4.69) is 4.98 Å². The number of aromatic nitrogens is 1. The van der Waals surface area contributed by atoms with Crippen LogP contribution in [-0.2, 0) is 0 Å². The van der Waals surface area contributed by atoms with Crippen molar-refractivity contribution in [2.24, 2.45) is 0 Å². The summed E-state index contributed by atoms with van der Waals surface area (Å²) in [7, 11) is 0. The lowest BCUT2D eigenvalue weighted by Crippen LogP contribution is -1.80. The maximum Gasteiger partial charge on any atom is 0.235 e. The first-order valence-corrected chi connectivity index (χ1v) is 3.74. The van der Waals surface area contributed by atoms with E-state index in [1.54, 1.807) is 6.20 Å². The summed E-state index contributed by atoms with van der Waals surface area (Å²) in [6.07, 6.45) is 3.96. The molecule has 0 aliphatic heterocycles. The van der Waals surface area contributed by atoms with Crippen molar-refractivity contribution in [1.82, 2.24) is 4.98 Å². The van der Waals surface area contributed by atoms with Gasteiger partial charge in [-0.15, -0.1) is 11.3 Å². The zero-order chi connectivity index (χ0) is 8.27. The molecule has 0 radical (unpaired) electrons. The van der Waals surface area contributed by atoms with Crippen LogP contribution in [0.5, 0.6) is 0 Å². The van der Waals surface area contributed by atoms with Crippen LogP contribution < -0.4 is 0 Å². The second-order valence-corrected chi connectivity index (χ2v) is 3.15. The van der Waals surface area contributed by atoms with E-state index in [0.29, 0.717) is 0 Å². The van der Waals surface area contributed by atoms with Crippen molar-refractivity contribution < 1.29 is 4.92 Å². The fourth-order valence-electron chi connectivity index (χ4n) is 0.589. The summed E-state index contributed by atoms with van der Waals surface area (Å²) in [6.45, 7) is 1.86. The highest BCUT2D eigenvalue weighted by Crippen LogP contribution is 2.12. The van der Waals surface area contributed by atoms with Gasteiger partial charge in [-0.05, 0) is 6.92 Å². The molecular formula is C6H6N2O2S. The molecule has 1 heterocycles. The van der Waals surface area contributed by atoms with Gasteiger partial charge in [0.25, 0.3) is 0 Å². The second kappa shape index (κ2) is 3.25. The van der Waals surface area contributed by atoms with Gasteiger partial charge in [0.2, 0.25) is 6.20 Å². The number of nitro groups is 1. The highest BCUT2D eigenvalue weighted by molar-refractivity contribution is 7.12. The van der Waals surface area contributed by atoms with Crippen LogP contribution in [-0.4, -0.2) is 9.91 Å². The highest BCUT2D eigenvalue weighted by Gasteiger charge is 1.94. The lowest BCUT2D eigenvalue weighted by molar-refractivity contribution is -0.400. The van der Waals surface area contributed by atoms with E-state index in [9.17, 15) is 10.1 Å². The lowest BCUT2D eigenvalue weighted by atomic mass is 10.5. The fourth-order valence-corrected chi connectivity index (χ4v) is 1.27. The highest BCUT2D eigenvalue weighted by atomic mass is 32.1. The summed E-state index contributed by atoms with van der Waals surface area (Å²) in [5.74, 6) is 0. The zero-order valence-corrected chi connectivity index (χ0v) is 6.67. The number of thiazole rings is 1. The van der Waals surface area contributed by atoms with Crippen LogP contribution in [0.4, 0.5) is 0 Å². The third kappa shape index (κ3) is 2.46. The van der Waals surface area contributed by atoms with Gasteiger partial charge < -0.3 is 0 Å². The predicted molar refractivity (Wildman–Crippen MR) is 42.9 cm³/mol. The Bertz CT molecular complexity index is 293. The average molecular weight is 170 g/mol. The molecule has 0 spiro atoms. The molecule has 11 heavy (non-hydrogen) atoms. The van der Waals surface area contributed by atoms with Crippen molar-refractivity contribution in [3.8, 4) is 0 Å². The van der Waals surface area contributed by atoms with Gasteiger partial charge in [0, 0.05) is 12.3 Å². The maximum atomic E-state index is 9.88. The molecule has 1 aromatic rings. The molecule has 0 bridgehead atoms. The number of rotatable bonds is 2. The Hall–Kier alpha value is -1.23. The van der Waals surface area contributed by atoms with Crippen LogP contribution in [0.15, 0.2) is 12.4 Å². The SMILES string of the molecule is Cc1ncc(C=C[N+](=O)[O-])s1. The minimum absolute atomic E-state index is 0.491. The van der Waals surface area contributed by atoms with Crippen molar-refractivity contribution in [3.05, 3.63) is 32.4 Å². The molecule has 0 unspecified atom stereocenters. The predicted octanol–water partition coefficient (Wildman–Crippen LogP) is 1.70. The van der Waals surface area contributed by atoms with Crippen LogP contribution in [0.1, 0.15) is 9.88 Å². The van der Waals surface area contributed by atoms with Crippen molar-refractivity contribution >= 4 is 17.4 Å². The van der Waals surface area contributed by atoms with E-state index >= 15 is 0 Å². The molecular weight excluding hydrogens is 164 g/mol. The normalized spacial score (nSPS) is 10.6. The summed E-state index contributed by atoms with van der Waals surface area (Å²) in [4.78, 5) is 14.1. The Kier molecular flexibility index (Phi) is 2.32. The van der Waals surface area contributed by atoms with Crippen LogP contribution in [0.3, 0.4) is 0 Å². The third-order valence-corrected chi connectivity index (χ3v) is 1.88. The molecule has 1 rings (SSSR count). The molecule has 0 aliphatic carbocycles. The maximum absolute atomic E-state index is 9.88. The van der Waals surface area contributed by atoms with Gasteiger partial charge in [0.1, 0.15) is 0 Å². The molecule has 1 aromatic heterocycles. The fraction of sp³-hybridized carbons (Fsp3) is 0.167. The molecule has 0 aliphatic rings. The van der Waals surface area contributed by atoms with E-state index in [1.165, 1.54) is 17.4 Å². The van der Waals surface area contributed by atoms with Gasteiger partial charge in [-0.3, -0.25) is 10.1 Å². The average Bonchev–Trinajstić information content (AvgIpc) is 2.31. The molecule has 0 saturated heterocycles. The van der Waals surface area contributed by atoms with Gasteiger partial charge in [0.05, 0.1) is 14.8 Å². The largest absolute Gasteiger partial charge is 0.259 e. The first-order chi connectivity index (χ1) is 5.18. The van der Waals surface area contributed by atoms with Gasteiger partial charge in [-0.25, -0.2) is 4.98 Å². The van der Waals surface area contributed by atoms with Crippen LogP contribution in [0, 0.1) is 17.0 Å². The van der Waals surface area contributed by atoms with Crippen LogP contribution in [0.25, 0.3) is 6.08 Å². The van der Waals surface area contributed by atoms with Gasteiger partial charge in [-0.1, -0.05) is 0 Å². The molecule has 0 fully saturated rings. The Morgan fingerprint density at radius 3 is 3.00 bits per heavy atom. The Morgan fingerprint density at radius 2 is 2.55 bits per heavy atom. The molecule has 5 heteroatoms. The Morgan fingerprint density at radius 1 is 1.82 bits per heavy atom. The van der Waals surface area contributed by atoms with E-state index in [1.807, 2.05) is 6.92 Å². The Balaban J connectivity index is 2.71. The minimum atomic E-state index is -0.491. The summed E-state index contributed by atoms with van der Waals surface area (Å²) < 4.78 is 0. The topological polar surface area (TPSA) is 56.0 Å². The quantitative estimate of drug-likeness (QED) is 0.501. The summed E-state index contributed by atoms with van der Waals surface area (Å²) >= 11 is 1.43. The van der Waals surface area contributed by atoms with Crippen molar-refractivity contribution in [2.75, 3.05) is 0 Å². The molecule has 58 valence electrons. The van der Waals surface area contributed by atoms with Crippen molar-refractivity contribution in [2.45, 2.75) is 6.92 Å². The monoisotopic (exact) mass is 170 g/mol. The molecule has 4 nitrogen and oxygen atoms in total. The standard InChI is InChI=1S/C6H6N2O2S/c1-5-7-4-6(11-5)2-3-8(9)10/h2-4H,1H3. The molecule has 0 aromatic carbocycles. The molecule has 0 N–H and O–H groups in total. The number of hydrogen-bond acceptors (Lipinski definition) is 4. The first kappa shape index (κ1) is 7.87. The zero-order valence-electron chi connectivity index (χ0n) is 5.85. The van der Waals surface area contributed by atoms with E-state index in [0.717, 1.165) is 16.1 Å². The van der Waals surface area contributed by atoms with Gasteiger partial charge >= 0.3 is 0 Å². The summed E-state index contributed by atoms with van der Waals surface area (Å²) in [5.41, 5.74) is 0. The van der Waals surface area contributed by atoms with Crippen LogP contribution >= 0.6 is 11.3 Å². The second-order valence-electron chi connectivity index (χ2n) is 1.88. The third-order valence-electron chi connectivity index (χ3n) is 1.000. The summed E-state index contributed by atoms with van der Waals surface area (Å²) in [6, 6.07) is 0. The van der Waals surface area contributed by atoms with Crippen molar-refractivity contribution in [1.29, 1.82) is 0 Å². The van der Waals surface area contributed by atoms with E-state index < -0.39 is 4.92 Å². The van der Waals surface area contributed by atoms with Gasteiger partial charge in [0.15, 0.2) is 0 Å². The number of nitrogens with zero attached hydrogens (tertiary/aromatic N) is 2. The van der Waals surface area contributed by atoms with E-state index in [-0.39, 0.29) is 0 Å². The molecule has 0 atom stereocenters. The lowest BCUT2D eigenvalue weighted by Gasteiger charge is -1.77. The molecule has 0 saturated carbocycles. The summed E-state index contributed by atoms with van der Waals surface area (Å²) in [5, 5.41) is 10.8. The van der Waals surface area contributed by atoms with Crippen LogP contribution in [0.2, 0.25) is 0 Å². The smallest absolute Gasteiger partial charge is 0.235 e. The van der Waals surface area contributed by atoms with Crippen molar-refractivity contribution in [3.63, 3.8) is 0 Å². The number of aryl methyl sites for hydroxylation is 1. The Labute approximate surface area is 67.3 Å². The minimum Gasteiger partial charge on any atom is -0.259 e. The molecule has 0 amide bonds. The number of hydrogen-bond donors (Lipinski definition) is 0. The first-order valence-electron chi connectivity index (χ1n) is 2.92. The van der Waals surface area contributed by atoms with E-state index in [4.69, 9.17) is 0 Å².